The molecule has 1 heterocycles. The summed E-state index contributed by atoms with van der Waals surface area (Å²) in [6.45, 7) is 6.14. The van der Waals surface area contributed by atoms with E-state index in [1.54, 1.807) is 18.2 Å². The van der Waals surface area contributed by atoms with E-state index in [0.717, 1.165) is 6.42 Å². The van der Waals surface area contributed by atoms with E-state index in [1.807, 2.05) is 26.8 Å². The molecule has 0 saturated heterocycles. The molecule has 0 aliphatic carbocycles. The molecule has 6 heteroatoms. The van der Waals surface area contributed by atoms with Crippen molar-refractivity contribution in [1.82, 2.24) is 10.6 Å². The Morgan fingerprint density at radius 2 is 2.23 bits per heavy atom. The van der Waals surface area contributed by atoms with Crippen LogP contribution in [0.1, 0.15) is 44.4 Å². The summed E-state index contributed by atoms with van der Waals surface area (Å²) in [7, 11) is 0. The zero-order valence-electron chi connectivity index (χ0n) is 13.0. The first-order valence-electron chi connectivity index (χ1n) is 7.34. The van der Waals surface area contributed by atoms with Gasteiger partial charge in [-0.3, -0.25) is 0 Å². The molecule has 0 aromatic heterocycles. The Balaban J connectivity index is 2.27. The predicted molar refractivity (Wildman–Crippen MR) is 81.4 cm³/mol. The highest BCUT2D eigenvalue weighted by atomic mass is 16.5. The topological polar surface area (TPSA) is 94.4 Å². The molecule has 2 amide bonds. The number of aliphatic hydroxyl groups is 1. The average molecular weight is 303 g/mol. The Kier molecular flexibility index (Phi) is 4.57. The molecule has 1 aromatic rings. The molecular weight excluding hydrogens is 282 g/mol. The second kappa shape index (κ2) is 6.24. The molecule has 0 saturated carbocycles. The van der Waals surface area contributed by atoms with Gasteiger partial charge in [0.15, 0.2) is 0 Å². The minimum Gasteiger partial charge on any atom is -0.485 e. The number of hydrogen-bond donors (Lipinski definition) is 3. The van der Waals surface area contributed by atoms with Crippen LogP contribution in [0.3, 0.4) is 0 Å². The van der Waals surface area contributed by atoms with Crippen molar-refractivity contribution in [1.29, 1.82) is 5.26 Å². The fourth-order valence-electron chi connectivity index (χ4n) is 2.53. The van der Waals surface area contributed by atoms with Gasteiger partial charge in [0.1, 0.15) is 17.5 Å². The van der Waals surface area contributed by atoms with Gasteiger partial charge in [-0.2, -0.15) is 5.26 Å². The van der Waals surface area contributed by atoms with E-state index in [2.05, 4.69) is 10.6 Å². The van der Waals surface area contributed by atoms with Crippen molar-refractivity contribution < 1.29 is 14.6 Å². The largest absolute Gasteiger partial charge is 0.485 e. The fraction of sp³-hybridized carbons (Fsp3) is 0.500. The van der Waals surface area contributed by atoms with Crippen LogP contribution in [0, 0.1) is 11.3 Å². The number of amides is 2. The summed E-state index contributed by atoms with van der Waals surface area (Å²) in [5.74, 6) is 0.531. The van der Waals surface area contributed by atoms with Crippen LogP contribution in [0.15, 0.2) is 18.2 Å². The molecule has 118 valence electrons. The standard InChI is InChI=1S/C16H21N3O3/c1-4-7-18-15(21)19-14-13(20)11-8-10(9-17)5-6-12(11)22-16(14,2)3/h5-6,8,13-14,20H,4,7H2,1-3H3,(H2,18,19,21)/t13?,14-/m0/s1. The fourth-order valence-corrected chi connectivity index (χ4v) is 2.53. The third kappa shape index (κ3) is 3.15. The maximum atomic E-state index is 11.9. The van der Waals surface area contributed by atoms with Gasteiger partial charge in [-0.25, -0.2) is 4.79 Å². The number of carbonyl (C=O) groups excluding carboxylic acids is 1. The molecule has 3 N–H and O–H groups in total. The lowest BCUT2D eigenvalue weighted by atomic mass is 9.85. The van der Waals surface area contributed by atoms with Gasteiger partial charge >= 0.3 is 6.03 Å². The second-order valence-corrected chi connectivity index (χ2v) is 5.89. The summed E-state index contributed by atoms with van der Waals surface area (Å²) in [6, 6.07) is 5.98. The van der Waals surface area contributed by atoms with Crippen molar-refractivity contribution >= 4 is 6.03 Å². The highest BCUT2D eigenvalue weighted by Crippen LogP contribution is 2.40. The molecule has 0 spiro atoms. The van der Waals surface area contributed by atoms with Crippen molar-refractivity contribution in [3.05, 3.63) is 29.3 Å². The van der Waals surface area contributed by atoms with Gasteiger partial charge in [-0.15, -0.1) is 0 Å². The summed E-state index contributed by atoms with van der Waals surface area (Å²) < 4.78 is 5.90. The predicted octanol–water partition coefficient (Wildman–Crippen LogP) is 1.84. The normalized spacial score (nSPS) is 22.0. The van der Waals surface area contributed by atoms with E-state index in [4.69, 9.17) is 10.00 Å². The smallest absolute Gasteiger partial charge is 0.315 e. The van der Waals surface area contributed by atoms with E-state index in [9.17, 15) is 9.90 Å². The van der Waals surface area contributed by atoms with Crippen LogP contribution in [-0.4, -0.2) is 29.3 Å². The van der Waals surface area contributed by atoms with Gasteiger partial charge in [0, 0.05) is 12.1 Å². The summed E-state index contributed by atoms with van der Waals surface area (Å²) >= 11 is 0. The summed E-state index contributed by atoms with van der Waals surface area (Å²) in [5, 5.41) is 25.1. The zero-order valence-corrected chi connectivity index (χ0v) is 13.0. The monoisotopic (exact) mass is 303 g/mol. The van der Waals surface area contributed by atoms with Crippen LogP contribution < -0.4 is 15.4 Å². The number of hydrogen-bond acceptors (Lipinski definition) is 4. The zero-order chi connectivity index (χ0) is 16.3. The molecule has 0 radical (unpaired) electrons. The maximum Gasteiger partial charge on any atom is 0.315 e. The van der Waals surface area contributed by atoms with Gasteiger partial charge in [-0.05, 0) is 38.5 Å². The number of rotatable bonds is 3. The molecule has 1 unspecified atom stereocenters. The number of nitrogens with one attached hydrogen (secondary N) is 2. The number of benzene rings is 1. The van der Waals surface area contributed by atoms with E-state index >= 15 is 0 Å². The number of ether oxygens (including phenoxy) is 1. The van der Waals surface area contributed by atoms with Crippen LogP contribution in [0.25, 0.3) is 0 Å². The van der Waals surface area contributed by atoms with Gasteiger partial charge in [0.05, 0.1) is 17.7 Å². The molecule has 0 bridgehead atoms. The number of carbonyl (C=O) groups is 1. The quantitative estimate of drug-likeness (QED) is 0.794. The Morgan fingerprint density at radius 1 is 1.50 bits per heavy atom. The molecule has 1 aromatic carbocycles. The number of aliphatic hydroxyl groups excluding tert-OH is 1. The minimum atomic E-state index is -0.945. The lowest BCUT2D eigenvalue weighted by Crippen LogP contribution is -2.59. The molecule has 22 heavy (non-hydrogen) atoms. The van der Waals surface area contributed by atoms with Crippen molar-refractivity contribution in [2.75, 3.05) is 6.54 Å². The minimum absolute atomic E-state index is 0.345. The van der Waals surface area contributed by atoms with E-state index < -0.39 is 17.7 Å². The van der Waals surface area contributed by atoms with Crippen molar-refractivity contribution in [3.63, 3.8) is 0 Å². The van der Waals surface area contributed by atoms with E-state index in [1.165, 1.54) is 0 Å². The first-order chi connectivity index (χ1) is 10.4. The van der Waals surface area contributed by atoms with Crippen molar-refractivity contribution in [3.8, 4) is 11.8 Å². The third-order valence-electron chi connectivity index (χ3n) is 3.72. The van der Waals surface area contributed by atoms with Gasteiger partial charge in [-0.1, -0.05) is 6.92 Å². The van der Waals surface area contributed by atoms with E-state index in [-0.39, 0.29) is 6.03 Å². The van der Waals surface area contributed by atoms with Crippen LogP contribution >= 0.6 is 0 Å². The maximum absolute atomic E-state index is 11.9. The average Bonchev–Trinajstić information content (AvgIpc) is 2.48. The Bertz CT molecular complexity index is 607. The SMILES string of the molecule is CCCNC(=O)N[C@H]1C(O)c2cc(C#N)ccc2OC1(C)C. The number of nitriles is 1. The summed E-state index contributed by atoms with van der Waals surface area (Å²) in [4.78, 5) is 11.9. The van der Waals surface area contributed by atoms with Gasteiger partial charge in [0.2, 0.25) is 0 Å². The van der Waals surface area contributed by atoms with Crippen LogP contribution in [-0.2, 0) is 0 Å². The molecule has 1 aliphatic rings. The van der Waals surface area contributed by atoms with Crippen LogP contribution in [0.2, 0.25) is 0 Å². The first-order valence-corrected chi connectivity index (χ1v) is 7.34. The molecule has 2 rings (SSSR count). The Morgan fingerprint density at radius 3 is 2.86 bits per heavy atom. The lowest BCUT2D eigenvalue weighted by Gasteiger charge is -2.43. The lowest BCUT2D eigenvalue weighted by molar-refractivity contribution is -0.0229. The van der Waals surface area contributed by atoms with E-state index in [0.29, 0.717) is 23.4 Å². The van der Waals surface area contributed by atoms with Gasteiger partial charge in [0.25, 0.3) is 0 Å². The Labute approximate surface area is 130 Å². The van der Waals surface area contributed by atoms with Gasteiger partial charge < -0.3 is 20.5 Å². The number of fused-ring (bicyclic) bond motifs is 1. The Hall–Kier alpha value is -2.26. The summed E-state index contributed by atoms with van der Waals surface area (Å²) in [6.07, 6.45) is -0.117. The summed E-state index contributed by atoms with van der Waals surface area (Å²) in [5.41, 5.74) is 0.180. The first kappa shape index (κ1) is 16.1. The molecule has 2 atom stereocenters. The van der Waals surface area contributed by atoms with Crippen LogP contribution in [0.5, 0.6) is 5.75 Å². The molecule has 6 nitrogen and oxygen atoms in total. The third-order valence-corrected chi connectivity index (χ3v) is 3.72. The molecular formula is C16H21N3O3. The highest BCUT2D eigenvalue weighted by molar-refractivity contribution is 5.74. The number of urea groups is 1. The molecule has 0 fully saturated rings. The molecule has 1 aliphatic heterocycles. The second-order valence-electron chi connectivity index (χ2n) is 5.89. The highest BCUT2D eigenvalue weighted by Gasteiger charge is 2.44. The number of nitrogens with zero attached hydrogens (tertiary/aromatic N) is 1. The van der Waals surface area contributed by atoms with Crippen LogP contribution in [0.4, 0.5) is 4.79 Å². The van der Waals surface area contributed by atoms with Crippen molar-refractivity contribution in [2.45, 2.75) is 44.9 Å². The van der Waals surface area contributed by atoms with Crippen molar-refractivity contribution in [2.24, 2.45) is 0 Å².